The number of nitrogens with zero attached hydrogens (tertiary/aromatic N) is 1. The number of aromatic carboxylic acids is 1. The fraction of sp³-hybridized carbons (Fsp3) is 0.125. The first-order valence-electron chi connectivity index (χ1n) is 6.10. The van der Waals surface area contributed by atoms with E-state index in [1.807, 2.05) is 50.2 Å². The molecule has 0 saturated heterocycles. The SMILES string of the molecule is Cc1ccc2nc3ccc(C)cc3c(C(=O)O)c2c1. The first-order valence-corrected chi connectivity index (χ1v) is 6.10. The average molecular weight is 251 g/mol. The number of carboxylic acid groups (broad SMARTS) is 1. The molecule has 0 spiro atoms. The van der Waals surface area contributed by atoms with E-state index in [-0.39, 0.29) is 0 Å². The Labute approximate surface area is 110 Å². The maximum Gasteiger partial charge on any atom is 0.337 e. The number of benzene rings is 2. The summed E-state index contributed by atoms with van der Waals surface area (Å²) < 4.78 is 0. The molecule has 0 aliphatic rings. The van der Waals surface area contributed by atoms with Crippen molar-refractivity contribution in [3.63, 3.8) is 0 Å². The van der Waals surface area contributed by atoms with Crippen LogP contribution < -0.4 is 0 Å². The number of pyridine rings is 1. The molecule has 0 aliphatic heterocycles. The van der Waals surface area contributed by atoms with Gasteiger partial charge in [-0.3, -0.25) is 0 Å². The van der Waals surface area contributed by atoms with Crippen molar-refractivity contribution in [2.45, 2.75) is 13.8 Å². The second kappa shape index (κ2) is 4.05. The molecule has 2 aromatic carbocycles. The van der Waals surface area contributed by atoms with Gasteiger partial charge >= 0.3 is 5.97 Å². The van der Waals surface area contributed by atoms with Crippen molar-refractivity contribution in [1.29, 1.82) is 0 Å². The lowest BCUT2D eigenvalue weighted by molar-refractivity contribution is 0.0701. The van der Waals surface area contributed by atoms with Crippen molar-refractivity contribution in [3.05, 3.63) is 53.1 Å². The zero-order valence-corrected chi connectivity index (χ0v) is 10.8. The fourth-order valence-electron chi connectivity index (χ4n) is 2.40. The summed E-state index contributed by atoms with van der Waals surface area (Å²) in [4.78, 5) is 16.2. The molecule has 3 aromatic rings. The van der Waals surface area contributed by atoms with Crippen LogP contribution in [0.2, 0.25) is 0 Å². The molecule has 3 rings (SSSR count). The number of aryl methyl sites for hydroxylation is 2. The fourth-order valence-corrected chi connectivity index (χ4v) is 2.40. The summed E-state index contributed by atoms with van der Waals surface area (Å²) in [5.74, 6) is -0.909. The lowest BCUT2D eigenvalue weighted by Crippen LogP contribution is -2.01. The van der Waals surface area contributed by atoms with Gasteiger partial charge in [-0.15, -0.1) is 0 Å². The quantitative estimate of drug-likeness (QED) is 0.671. The highest BCUT2D eigenvalue weighted by Crippen LogP contribution is 2.27. The summed E-state index contributed by atoms with van der Waals surface area (Å²) in [6, 6.07) is 11.4. The Kier molecular flexibility index (Phi) is 2.49. The van der Waals surface area contributed by atoms with Gasteiger partial charge in [-0.05, 0) is 38.1 Å². The zero-order chi connectivity index (χ0) is 13.6. The minimum atomic E-state index is -0.909. The molecule has 3 nitrogen and oxygen atoms in total. The van der Waals surface area contributed by atoms with Gasteiger partial charge < -0.3 is 5.11 Å². The van der Waals surface area contributed by atoms with Crippen molar-refractivity contribution >= 4 is 27.8 Å². The van der Waals surface area contributed by atoms with Gasteiger partial charge in [0.05, 0.1) is 16.6 Å². The molecule has 0 fully saturated rings. The van der Waals surface area contributed by atoms with Crippen molar-refractivity contribution in [2.24, 2.45) is 0 Å². The molecule has 19 heavy (non-hydrogen) atoms. The molecule has 0 atom stereocenters. The van der Waals surface area contributed by atoms with Gasteiger partial charge in [0.1, 0.15) is 0 Å². The van der Waals surface area contributed by atoms with Crippen LogP contribution in [0.4, 0.5) is 0 Å². The highest BCUT2D eigenvalue weighted by molar-refractivity contribution is 6.13. The van der Waals surface area contributed by atoms with Crippen molar-refractivity contribution in [1.82, 2.24) is 4.98 Å². The summed E-state index contributed by atoms with van der Waals surface area (Å²) in [5.41, 5.74) is 3.85. The predicted octanol–water partition coefficient (Wildman–Crippen LogP) is 3.70. The number of fused-ring (bicyclic) bond motifs is 2. The van der Waals surface area contributed by atoms with Crippen LogP contribution in [0, 0.1) is 13.8 Å². The molecule has 1 N–H and O–H groups in total. The van der Waals surface area contributed by atoms with Crippen molar-refractivity contribution < 1.29 is 9.90 Å². The van der Waals surface area contributed by atoms with E-state index in [4.69, 9.17) is 0 Å². The molecular weight excluding hydrogens is 238 g/mol. The molecule has 1 aromatic heterocycles. The van der Waals surface area contributed by atoms with E-state index in [9.17, 15) is 9.90 Å². The highest BCUT2D eigenvalue weighted by atomic mass is 16.4. The van der Waals surface area contributed by atoms with E-state index in [2.05, 4.69) is 4.98 Å². The van der Waals surface area contributed by atoms with E-state index >= 15 is 0 Å². The maximum absolute atomic E-state index is 11.6. The Morgan fingerprint density at radius 3 is 1.84 bits per heavy atom. The molecule has 94 valence electrons. The van der Waals surface area contributed by atoms with Crippen LogP contribution in [0.1, 0.15) is 21.5 Å². The van der Waals surface area contributed by atoms with Crippen LogP contribution in [-0.2, 0) is 0 Å². The highest BCUT2D eigenvalue weighted by Gasteiger charge is 2.15. The van der Waals surface area contributed by atoms with Crippen molar-refractivity contribution in [3.8, 4) is 0 Å². The average Bonchev–Trinajstić information content (AvgIpc) is 2.35. The lowest BCUT2D eigenvalue weighted by atomic mass is 10.00. The Morgan fingerprint density at radius 2 is 1.42 bits per heavy atom. The monoisotopic (exact) mass is 251 g/mol. The number of carboxylic acids is 1. The lowest BCUT2D eigenvalue weighted by Gasteiger charge is -2.08. The number of rotatable bonds is 1. The first-order chi connectivity index (χ1) is 9.06. The van der Waals surface area contributed by atoms with E-state index in [1.165, 1.54) is 0 Å². The van der Waals surface area contributed by atoms with E-state index < -0.39 is 5.97 Å². The van der Waals surface area contributed by atoms with Gasteiger partial charge in [0.15, 0.2) is 0 Å². The first kappa shape index (κ1) is 11.7. The molecular formula is C16H13NO2. The molecule has 0 saturated carbocycles. The zero-order valence-electron chi connectivity index (χ0n) is 10.8. The molecule has 0 bridgehead atoms. The Morgan fingerprint density at radius 1 is 0.947 bits per heavy atom. The topological polar surface area (TPSA) is 50.2 Å². The van der Waals surface area contributed by atoms with Crippen LogP contribution in [0.25, 0.3) is 21.8 Å². The summed E-state index contributed by atoms with van der Waals surface area (Å²) in [5, 5.41) is 10.9. The van der Waals surface area contributed by atoms with Gasteiger partial charge in [-0.1, -0.05) is 23.3 Å². The minimum Gasteiger partial charge on any atom is -0.478 e. The van der Waals surface area contributed by atoms with E-state index in [1.54, 1.807) is 0 Å². The molecule has 0 unspecified atom stereocenters. The Balaban J connectivity index is 2.58. The molecule has 0 amide bonds. The van der Waals surface area contributed by atoms with E-state index in [0.717, 1.165) is 22.2 Å². The summed E-state index contributed by atoms with van der Waals surface area (Å²) in [7, 11) is 0. The number of aromatic nitrogens is 1. The Bertz CT molecular complexity index is 762. The van der Waals surface area contributed by atoms with Crippen LogP contribution in [0.15, 0.2) is 36.4 Å². The largest absolute Gasteiger partial charge is 0.478 e. The Hall–Kier alpha value is -2.42. The van der Waals surface area contributed by atoms with Gasteiger partial charge in [-0.25, -0.2) is 9.78 Å². The van der Waals surface area contributed by atoms with Gasteiger partial charge in [0.2, 0.25) is 0 Å². The predicted molar refractivity (Wildman–Crippen MR) is 75.7 cm³/mol. The smallest absolute Gasteiger partial charge is 0.337 e. The van der Waals surface area contributed by atoms with Gasteiger partial charge in [-0.2, -0.15) is 0 Å². The number of hydrogen-bond acceptors (Lipinski definition) is 2. The minimum absolute atomic E-state index is 0.340. The van der Waals surface area contributed by atoms with Crippen LogP contribution in [0.5, 0.6) is 0 Å². The third-order valence-electron chi connectivity index (χ3n) is 3.30. The number of carbonyl (C=O) groups is 1. The summed E-state index contributed by atoms with van der Waals surface area (Å²) in [6.07, 6.45) is 0. The third kappa shape index (κ3) is 1.83. The van der Waals surface area contributed by atoms with Crippen molar-refractivity contribution in [2.75, 3.05) is 0 Å². The second-order valence-corrected chi connectivity index (χ2v) is 4.83. The van der Waals surface area contributed by atoms with Gasteiger partial charge in [0.25, 0.3) is 0 Å². The normalized spacial score (nSPS) is 11.1. The van der Waals surface area contributed by atoms with Crippen LogP contribution >= 0.6 is 0 Å². The summed E-state index contributed by atoms with van der Waals surface area (Å²) in [6.45, 7) is 3.90. The maximum atomic E-state index is 11.6. The number of hydrogen-bond donors (Lipinski definition) is 1. The summed E-state index contributed by atoms with van der Waals surface area (Å²) >= 11 is 0. The van der Waals surface area contributed by atoms with Gasteiger partial charge in [0, 0.05) is 10.8 Å². The van der Waals surface area contributed by atoms with Crippen LogP contribution in [-0.4, -0.2) is 16.1 Å². The molecule has 3 heteroatoms. The third-order valence-corrected chi connectivity index (χ3v) is 3.30. The molecule has 1 heterocycles. The molecule has 0 aliphatic carbocycles. The molecule has 0 radical (unpaired) electrons. The van der Waals surface area contributed by atoms with E-state index in [0.29, 0.717) is 16.3 Å². The second-order valence-electron chi connectivity index (χ2n) is 4.83. The van der Waals surface area contributed by atoms with Crippen LogP contribution in [0.3, 0.4) is 0 Å². The standard InChI is InChI=1S/C16H13NO2/c1-9-3-5-13-11(7-9)15(16(18)19)12-8-10(2)4-6-14(12)17-13/h3-8H,1-2H3,(H,18,19).